The van der Waals surface area contributed by atoms with E-state index in [4.69, 9.17) is 16.3 Å². The Balaban J connectivity index is 1.88. The number of aryl methyl sites for hydroxylation is 1. The van der Waals surface area contributed by atoms with Gasteiger partial charge < -0.3 is 9.30 Å². The van der Waals surface area contributed by atoms with Crippen molar-refractivity contribution in [3.05, 3.63) is 57.2 Å². The molecule has 0 radical (unpaired) electrons. The number of para-hydroxylation sites is 1. The van der Waals surface area contributed by atoms with Gasteiger partial charge in [-0.25, -0.2) is 0 Å². The van der Waals surface area contributed by atoms with Gasteiger partial charge in [-0.3, -0.25) is 4.79 Å². The van der Waals surface area contributed by atoms with Crippen LogP contribution in [-0.2, 0) is 7.05 Å². The molecule has 4 nitrogen and oxygen atoms in total. The molecule has 0 spiro atoms. The van der Waals surface area contributed by atoms with Crippen molar-refractivity contribution in [3.8, 4) is 5.75 Å². The minimum atomic E-state index is -0.327. The molecule has 0 unspecified atom stereocenters. The van der Waals surface area contributed by atoms with E-state index in [2.05, 4.69) is 4.99 Å². The summed E-state index contributed by atoms with van der Waals surface area (Å²) in [4.78, 5) is 18.1. The van der Waals surface area contributed by atoms with E-state index in [1.165, 1.54) is 22.7 Å². The number of nitrogens with zero attached hydrogens (tertiary/aromatic N) is 2. The number of fused-ring (bicyclic) bond motifs is 2. The fourth-order valence-electron chi connectivity index (χ4n) is 2.73. The Morgan fingerprint density at radius 1 is 1.12 bits per heavy atom. The molecule has 0 aliphatic heterocycles. The number of methoxy groups -OCH3 is 1. The number of carbonyl (C=O) groups excluding carboxylic acids is 1. The summed E-state index contributed by atoms with van der Waals surface area (Å²) in [6.45, 7) is 0. The maximum Gasteiger partial charge on any atom is 0.291 e. The highest BCUT2D eigenvalue weighted by Crippen LogP contribution is 2.35. The van der Waals surface area contributed by atoms with Crippen molar-refractivity contribution in [3.63, 3.8) is 0 Å². The molecule has 126 valence electrons. The second kappa shape index (κ2) is 6.29. The molecule has 2 heterocycles. The summed E-state index contributed by atoms with van der Waals surface area (Å²) in [5.41, 5.74) is 0.920. The van der Waals surface area contributed by atoms with Crippen molar-refractivity contribution < 1.29 is 9.53 Å². The molecule has 0 aliphatic rings. The molecule has 0 bridgehead atoms. The van der Waals surface area contributed by atoms with Crippen LogP contribution in [-0.4, -0.2) is 17.6 Å². The summed E-state index contributed by atoms with van der Waals surface area (Å²) >= 11 is 9.20. The summed E-state index contributed by atoms with van der Waals surface area (Å²) in [6.07, 6.45) is 0. The van der Waals surface area contributed by atoms with Gasteiger partial charge in [-0.05, 0) is 18.2 Å². The van der Waals surface area contributed by atoms with Crippen LogP contribution in [0.1, 0.15) is 9.67 Å². The molecular formula is C18H13ClN2O2S2. The molecule has 0 N–H and O–H groups in total. The number of hydrogen-bond acceptors (Lipinski definition) is 4. The van der Waals surface area contributed by atoms with E-state index in [0.29, 0.717) is 14.7 Å². The average molecular weight is 389 g/mol. The van der Waals surface area contributed by atoms with Gasteiger partial charge in [-0.15, -0.1) is 11.3 Å². The topological polar surface area (TPSA) is 43.6 Å². The van der Waals surface area contributed by atoms with Gasteiger partial charge in [0.05, 0.1) is 16.8 Å². The molecule has 4 rings (SSSR count). The van der Waals surface area contributed by atoms with Crippen LogP contribution >= 0.6 is 34.3 Å². The number of thiophene rings is 1. The second-order valence-corrected chi connectivity index (χ2v) is 7.85. The molecule has 0 aliphatic carbocycles. The lowest BCUT2D eigenvalue weighted by molar-refractivity contribution is 0.100. The average Bonchev–Trinajstić information content (AvgIpc) is 3.13. The lowest BCUT2D eigenvalue weighted by atomic mass is 10.2. The fraction of sp³-hybridized carbons (Fsp3) is 0.111. The van der Waals surface area contributed by atoms with Crippen molar-refractivity contribution >= 4 is 60.5 Å². The van der Waals surface area contributed by atoms with Crippen molar-refractivity contribution in [1.82, 2.24) is 4.57 Å². The number of carbonyl (C=O) groups is 1. The second-order valence-electron chi connectivity index (χ2n) is 5.41. The lowest BCUT2D eigenvalue weighted by Gasteiger charge is -2.02. The van der Waals surface area contributed by atoms with Crippen molar-refractivity contribution in [2.75, 3.05) is 7.11 Å². The lowest BCUT2D eigenvalue weighted by Crippen LogP contribution is -2.13. The molecule has 2 aromatic carbocycles. The first kappa shape index (κ1) is 16.3. The number of amides is 1. The van der Waals surface area contributed by atoms with Crippen LogP contribution in [0.4, 0.5) is 0 Å². The zero-order chi connectivity index (χ0) is 17.6. The van der Waals surface area contributed by atoms with E-state index in [1.807, 2.05) is 54.1 Å². The number of halogens is 1. The first-order valence-corrected chi connectivity index (χ1v) is 9.50. The molecule has 2 aromatic heterocycles. The van der Waals surface area contributed by atoms with Gasteiger partial charge in [0.1, 0.15) is 16.1 Å². The molecule has 4 aromatic rings. The Kier molecular flexibility index (Phi) is 4.11. The summed E-state index contributed by atoms with van der Waals surface area (Å²) in [5.74, 6) is 0.428. The zero-order valence-corrected chi connectivity index (χ0v) is 15.8. The van der Waals surface area contributed by atoms with Gasteiger partial charge in [0.25, 0.3) is 5.91 Å². The van der Waals surface area contributed by atoms with Gasteiger partial charge >= 0.3 is 0 Å². The summed E-state index contributed by atoms with van der Waals surface area (Å²) in [5, 5.41) is 1.35. The smallest absolute Gasteiger partial charge is 0.291 e. The highest BCUT2D eigenvalue weighted by molar-refractivity contribution is 7.21. The monoisotopic (exact) mass is 388 g/mol. The number of rotatable bonds is 2. The third kappa shape index (κ3) is 2.66. The largest absolute Gasteiger partial charge is 0.495 e. The Morgan fingerprint density at radius 2 is 1.88 bits per heavy atom. The summed E-state index contributed by atoms with van der Waals surface area (Å²) < 4.78 is 9.27. The third-order valence-electron chi connectivity index (χ3n) is 3.93. The Bertz CT molecular complexity index is 1190. The number of benzene rings is 2. The quantitative estimate of drug-likeness (QED) is 0.492. The highest BCUT2D eigenvalue weighted by Gasteiger charge is 2.17. The predicted molar refractivity (Wildman–Crippen MR) is 104 cm³/mol. The van der Waals surface area contributed by atoms with Gasteiger partial charge in [0.2, 0.25) is 0 Å². The molecule has 0 atom stereocenters. The Labute approximate surface area is 156 Å². The van der Waals surface area contributed by atoms with Crippen LogP contribution in [0.2, 0.25) is 5.02 Å². The van der Waals surface area contributed by atoms with E-state index < -0.39 is 0 Å². The van der Waals surface area contributed by atoms with Crippen molar-refractivity contribution in [1.29, 1.82) is 0 Å². The summed E-state index contributed by atoms with van der Waals surface area (Å²) in [7, 11) is 3.51. The maximum atomic E-state index is 12.7. The molecule has 7 heteroatoms. The van der Waals surface area contributed by atoms with Gasteiger partial charge in [0.15, 0.2) is 4.80 Å². The fourth-order valence-corrected chi connectivity index (χ4v) is 5.16. The zero-order valence-electron chi connectivity index (χ0n) is 13.4. The number of thiazole rings is 1. The van der Waals surface area contributed by atoms with Gasteiger partial charge in [-0.1, -0.05) is 47.2 Å². The maximum absolute atomic E-state index is 12.7. The highest BCUT2D eigenvalue weighted by atomic mass is 35.5. The molecule has 0 fully saturated rings. The predicted octanol–water partition coefficient (Wildman–Crippen LogP) is 4.86. The van der Waals surface area contributed by atoms with E-state index in [0.717, 1.165) is 26.1 Å². The van der Waals surface area contributed by atoms with Gasteiger partial charge in [0, 0.05) is 17.1 Å². The minimum Gasteiger partial charge on any atom is -0.495 e. The first-order chi connectivity index (χ1) is 12.1. The molecule has 1 amide bonds. The number of ether oxygens (including phenoxy) is 1. The van der Waals surface area contributed by atoms with Crippen molar-refractivity contribution in [2.24, 2.45) is 12.0 Å². The molecular weight excluding hydrogens is 376 g/mol. The SMILES string of the molecule is COc1cccc2sc(=NC(=O)c3sc4ccccc4c3Cl)n(C)c12. The Morgan fingerprint density at radius 3 is 2.64 bits per heavy atom. The van der Waals surface area contributed by atoms with Crippen LogP contribution in [0, 0.1) is 0 Å². The Hall–Kier alpha value is -2.15. The van der Waals surface area contributed by atoms with Crippen LogP contribution < -0.4 is 9.54 Å². The normalized spacial score (nSPS) is 12.2. The van der Waals surface area contributed by atoms with Crippen LogP contribution in [0.15, 0.2) is 47.5 Å². The van der Waals surface area contributed by atoms with E-state index in [9.17, 15) is 4.79 Å². The minimum absolute atomic E-state index is 0.327. The standard InChI is InChI=1S/C18H13ClN2O2S2/c1-21-15-11(23-2)7-5-9-13(15)25-18(21)20-17(22)16-14(19)10-6-3-4-8-12(10)24-16/h3-9H,1-2H3. The van der Waals surface area contributed by atoms with Crippen molar-refractivity contribution in [2.45, 2.75) is 0 Å². The van der Waals surface area contributed by atoms with E-state index in [-0.39, 0.29) is 5.91 Å². The molecule has 0 saturated heterocycles. The van der Waals surface area contributed by atoms with Crippen LogP contribution in [0.25, 0.3) is 20.3 Å². The van der Waals surface area contributed by atoms with Crippen LogP contribution in [0.5, 0.6) is 5.75 Å². The van der Waals surface area contributed by atoms with Crippen LogP contribution in [0.3, 0.4) is 0 Å². The number of hydrogen-bond donors (Lipinski definition) is 0. The number of aromatic nitrogens is 1. The first-order valence-electron chi connectivity index (χ1n) is 7.48. The third-order valence-corrected chi connectivity index (χ3v) is 6.69. The molecule has 25 heavy (non-hydrogen) atoms. The van der Waals surface area contributed by atoms with E-state index >= 15 is 0 Å². The van der Waals surface area contributed by atoms with E-state index in [1.54, 1.807) is 7.11 Å². The van der Waals surface area contributed by atoms with Gasteiger partial charge in [-0.2, -0.15) is 4.99 Å². The molecule has 0 saturated carbocycles. The summed E-state index contributed by atoms with van der Waals surface area (Å²) in [6, 6.07) is 13.5.